The molecule has 126 valence electrons. The monoisotopic (exact) mass is 316 g/mol. The fourth-order valence-electron chi connectivity index (χ4n) is 4.06. The lowest BCUT2D eigenvalue weighted by atomic mass is 9.85. The molecule has 0 aromatic heterocycles. The summed E-state index contributed by atoms with van der Waals surface area (Å²) in [7, 11) is 1.75. The molecule has 2 heterocycles. The van der Waals surface area contributed by atoms with Crippen LogP contribution >= 0.6 is 0 Å². The smallest absolute Gasteiger partial charge is 0.228 e. The Bertz CT molecular complexity index is 543. The minimum Gasteiger partial charge on any atom is -0.385 e. The van der Waals surface area contributed by atoms with Crippen molar-refractivity contribution in [3.05, 3.63) is 29.8 Å². The average molecular weight is 316 g/mol. The highest BCUT2D eigenvalue weighted by atomic mass is 16.5. The number of aryl methyl sites for hydroxylation is 1. The summed E-state index contributed by atoms with van der Waals surface area (Å²) in [4.78, 5) is 17.2. The van der Waals surface area contributed by atoms with Gasteiger partial charge < -0.3 is 9.64 Å². The SMILES string of the molecule is COCCCN1CCCCC12CC(=O)N(c1ccc(C)cc1)C2. The van der Waals surface area contributed by atoms with Crippen LogP contribution in [0.2, 0.25) is 0 Å². The number of benzene rings is 1. The van der Waals surface area contributed by atoms with Gasteiger partial charge in [-0.25, -0.2) is 0 Å². The molecule has 0 aliphatic carbocycles. The van der Waals surface area contributed by atoms with Gasteiger partial charge in [0, 0.05) is 44.5 Å². The van der Waals surface area contributed by atoms with Gasteiger partial charge in [-0.15, -0.1) is 0 Å². The molecule has 0 radical (unpaired) electrons. The van der Waals surface area contributed by atoms with Crippen LogP contribution in [0.4, 0.5) is 5.69 Å². The van der Waals surface area contributed by atoms with Gasteiger partial charge >= 0.3 is 0 Å². The predicted molar refractivity (Wildman–Crippen MR) is 92.8 cm³/mol. The van der Waals surface area contributed by atoms with E-state index in [1.54, 1.807) is 7.11 Å². The zero-order chi connectivity index (χ0) is 16.3. The number of piperidine rings is 1. The summed E-state index contributed by atoms with van der Waals surface area (Å²) in [6.07, 6.45) is 5.31. The standard InChI is InChI=1S/C19H28N2O2/c1-16-6-8-17(9-7-16)21-15-19(14-18(21)22)10-3-4-11-20(19)12-5-13-23-2/h6-9H,3-5,10-15H2,1-2H3. The number of amides is 1. The summed E-state index contributed by atoms with van der Waals surface area (Å²) in [5, 5.41) is 0. The van der Waals surface area contributed by atoms with Crippen molar-refractivity contribution in [2.45, 2.75) is 44.6 Å². The third kappa shape index (κ3) is 3.43. The Labute approximate surface area is 139 Å². The van der Waals surface area contributed by atoms with E-state index in [9.17, 15) is 4.79 Å². The van der Waals surface area contributed by atoms with Crippen LogP contribution in [0.5, 0.6) is 0 Å². The largest absolute Gasteiger partial charge is 0.385 e. The Morgan fingerprint density at radius 1 is 1.22 bits per heavy atom. The van der Waals surface area contributed by atoms with E-state index in [2.05, 4.69) is 36.1 Å². The lowest BCUT2D eigenvalue weighted by Gasteiger charge is -2.44. The number of hydrogen-bond donors (Lipinski definition) is 0. The minimum atomic E-state index is 0.0357. The van der Waals surface area contributed by atoms with Crippen molar-refractivity contribution in [2.24, 2.45) is 0 Å². The first-order chi connectivity index (χ1) is 11.1. The van der Waals surface area contributed by atoms with Gasteiger partial charge in [0.15, 0.2) is 0 Å². The van der Waals surface area contributed by atoms with E-state index in [0.717, 1.165) is 44.8 Å². The molecule has 1 amide bonds. The summed E-state index contributed by atoms with van der Waals surface area (Å²) in [6.45, 7) is 5.85. The topological polar surface area (TPSA) is 32.8 Å². The zero-order valence-electron chi connectivity index (χ0n) is 14.4. The van der Waals surface area contributed by atoms with Crippen LogP contribution in [0.25, 0.3) is 0 Å². The molecule has 0 bridgehead atoms. The van der Waals surface area contributed by atoms with Crippen molar-refractivity contribution in [3.8, 4) is 0 Å². The van der Waals surface area contributed by atoms with E-state index >= 15 is 0 Å². The van der Waals surface area contributed by atoms with Gasteiger partial charge in [0.1, 0.15) is 0 Å². The van der Waals surface area contributed by atoms with Crippen LogP contribution in [0.3, 0.4) is 0 Å². The number of hydrogen-bond acceptors (Lipinski definition) is 3. The Morgan fingerprint density at radius 2 is 2.00 bits per heavy atom. The molecule has 1 spiro atoms. The lowest BCUT2D eigenvalue weighted by Crippen LogP contribution is -2.54. The van der Waals surface area contributed by atoms with Gasteiger partial charge in [0.25, 0.3) is 0 Å². The van der Waals surface area contributed by atoms with Crippen LogP contribution in [-0.4, -0.2) is 49.7 Å². The van der Waals surface area contributed by atoms with Crippen molar-refractivity contribution in [1.29, 1.82) is 0 Å². The highest BCUT2D eigenvalue weighted by Crippen LogP contribution is 2.39. The number of methoxy groups -OCH3 is 1. The van der Waals surface area contributed by atoms with Gasteiger partial charge in [-0.2, -0.15) is 0 Å². The van der Waals surface area contributed by atoms with Crippen molar-refractivity contribution >= 4 is 11.6 Å². The van der Waals surface area contributed by atoms with E-state index < -0.39 is 0 Å². The Hall–Kier alpha value is -1.39. The summed E-state index contributed by atoms with van der Waals surface area (Å²) < 4.78 is 5.20. The molecule has 1 unspecified atom stereocenters. The molecular formula is C19H28N2O2. The summed E-state index contributed by atoms with van der Waals surface area (Å²) in [6, 6.07) is 8.32. The third-order valence-electron chi connectivity index (χ3n) is 5.35. The first-order valence-corrected chi connectivity index (χ1v) is 8.76. The maximum Gasteiger partial charge on any atom is 0.228 e. The molecule has 1 atom stereocenters. The number of rotatable bonds is 5. The quantitative estimate of drug-likeness (QED) is 0.783. The van der Waals surface area contributed by atoms with Gasteiger partial charge in [0.2, 0.25) is 5.91 Å². The Morgan fingerprint density at radius 3 is 2.74 bits per heavy atom. The average Bonchev–Trinajstić information content (AvgIpc) is 2.87. The van der Waals surface area contributed by atoms with Crippen molar-refractivity contribution in [2.75, 3.05) is 38.3 Å². The first kappa shape index (κ1) is 16.5. The highest BCUT2D eigenvalue weighted by molar-refractivity contribution is 5.97. The van der Waals surface area contributed by atoms with Gasteiger partial charge in [0.05, 0.1) is 0 Å². The van der Waals surface area contributed by atoms with E-state index in [-0.39, 0.29) is 11.4 Å². The van der Waals surface area contributed by atoms with Crippen molar-refractivity contribution in [1.82, 2.24) is 4.90 Å². The molecule has 2 aliphatic rings. The molecule has 4 nitrogen and oxygen atoms in total. The summed E-state index contributed by atoms with van der Waals surface area (Å²) in [5.41, 5.74) is 2.31. The van der Waals surface area contributed by atoms with Crippen molar-refractivity contribution < 1.29 is 9.53 Å². The lowest BCUT2D eigenvalue weighted by molar-refractivity contribution is -0.118. The van der Waals surface area contributed by atoms with Crippen LogP contribution in [0.1, 0.15) is 37.7 Å². The van der Waals surface area contributed by atoms with Gasteiger partial charge in [-0.05, 0) is 44.9 Å². The van der Waals surface area contributed by atoms with Gasteiger partial charge in [-0.3, -0.25) is 9.69 Å². The zero-order valence-corrected chi connectivity index (χ0v) is 14.4. The molecule has 0 N–H and O–H groups in total. The van der Waals surface area contributed by atoms with E-state index in [4.69, 9.17) is 4.74 Å². The normalized spacial score (nSPS) is 25.5. The molecule has 4 heteroatoms. The number of nitrogens with zero attached hydrogens (tertiary/aromatic N) is 2. The van der Waals surface area contributed by atoms with Crippen molar-refractivity contribution in [3.63, 3.8) is 0 Å². The Kier molecular flexibility index (Phi) is 5.02. The molecule has 3 rings (SSSR count). The second-order valence-electron chi connectivity index (χ2n) is 7.01. The second kappa shape index (κ2) is 7.02. The molecular weight excluding hydrogens is 288 g/mol. The van der Waals surface area contributed by atoms with E-state index in [0.29, 0.717) is 6.42 Å². The number of likely N-dealkylation sites (tertiary alicyclic amines) is 1. The van der Waals surface area contributed by atoms with E-state index in [1.807, 2.05) is 4.90 Å². The number of carbonyl (C=O) groups is 1. The van der Waals surface area contributed by atoms with E-state index in [1.165, 1.54) is 18.4 Å². The third-order valence-corrected chi connectivity index (χ3v) is 5.35. The molecule has 1 aromatic rings. The fraction of sp³-hybridized carbons (Fsp3) is 0.632. The molecule has 1 aromatic carbocycles. The number of ether oxygens (including phenoxy) is 1. The summed E-state index contributed by atoms with van der Waals surface area (Å²) >= 11 is 0. The van der Waals surface area contributed by atoms with Crippen LogP contribution in [0.15, 0.2) is 24.3 Å². The summed E-state index contributed by atoms with van der Waals surface area (Å²) in [5.74, 6) is 0.271. The highest BCUT2D eigenvalue weighted by Gasteiger charge is 2.48. The molecule has 0 saturated carbocycles. The van der Waals surface area contributed by atoms with Crippen LogP contribution < -0.4 is 4.90 Å². The molecule has 23 heavy (non-hydrogen) atoms. The first-order valence-electron chi connectivity index (χ1n) is 8.76. The number of anilines is 1. The fourth-order valence-corrected chi connectivity index (χ4v) is 4.06. The second-order valence-corrected chi connectivity index (χ2v) is 7.01. The minimum absolute atomic E-state index is 0.0357. The van der Waals surface area contributed by atoms with Gasteiger partial charge in [-0.1, -0.05) is 24.1 Å². The predicted octanol–water partition coefficient (Wildman–Crippen LogP) is 2.99. The molecule has 2 aliphatic heterocycles. The molecule has 2 fully saturated rings. The molecule has 2 saturated heterocycles. The van der Waals surface area contributed by atoms with Crippen LogP contribution in [0, 0.1) is 6.92 Å². The van der Waals surface area contributed by atoms with Crippen LogP contribution in [-0.2, 0) is 9.53 Å². The maximum absolute atomic E-state index is 12.7. The Balaban J connectivity index is 1.75. The maximum atomic E-state index is 12.7. The number of carbonyl (C=O) groups excluding carboxylic acids is 1.